The average molecular weight is 496 g/mol. The molecule has 0 bridgehead atoms. The van der Waals surface area contributed by atoms with Gasteiger partial charge in [0.2, 0.25) is 0 Å². The number of rotatable bonds is 3. The monoisotopic (exact) mass is 495 g/mol. The minimum absolute atomic E-state index is 0.0486. The summed E-state index contributed by atoms with van der Waals surface area (Å²) < 4.78 is 0. The van der Waals surface area contributed by atoms with Crippen LogP contribution in [0.4, 0.5) is 11.4 Å². The summed E-state index contributed by atoms with van der Waals surface area (Å²) in [4.78, 5) is 0. The molecule has 0 aliphatic heterocycles. The fraction of sp³-hybridized carbons (Fsp3) is 0.0857. The van der Waals surface area contributed by atoms with Gasteiger partial charge in [-0.15, -0.1) is 0 Å². The predicted octanol–water partition coefficient (Wildman–Crippen LogP) is 10.4. The normalized spacial score (nSPS) is 13.5. The highest BCUT2D eigenvalue weighted by atomic mass is 35.5. The molecule has 0 spiro atoms. The molecule has 0 atom stereocenters. The minimum atomic E-state index is -0.0486. The number of nitrogens with one attached hydrogen (secondary N) is 1. The highest BCUT2D eigenvalue weighted by molar-refractivity contribution is 6.33. The van der Waals surface area contributed by atoms with Crippen LogP contribution in [0.3, 0.4) is 0 Å². The van der Waals surface area contributed by atoms with Crippen LogP contribution in [0.15, 0.2) is 115 Å². The van der Waals surface area contributed by atoms with E-state index in [1.54, 1.807) is 0 Å². The van der Waals surface area contributed by atoms with Gasteiger partial charge >= 0.3 is 0 Å². The second kappa shape index (κ2) is 8.23. The Kier molecular flexibility index (Phi) is 4.93. The third-order valence-corrected chi connectivity index (χ3v) is 8.22. The van der Waals surface area contributed by atoms with Gasteiger partial charge in [-0.05, 0) is 85.8 Å². The summed E-state index contributed by atoms with van der Waals surface area (Å²) in [5.74, 6) is 0. The third kappa shape index (κ3) is 3.54. The molecule has 37 heavy (non-hydrogen) atoms. The maximum Gasteiger partial charge on any atom is 0.0490 e. The van der Waals surface area contributed by atoms with Crippen LogP contribution in [0.1, 0.15) is 25.0 Å². The van der Waals surface area contributed by atoms with E-state index in [1.165, 1.54) is 43.8 Å². The number of anilines is 2. The lowest BCUT2D eigenvalue weighted by molar-refractivity contribution is 0.660. The molecule has 0 amide bonds. The number of fused-ring (bicyclic) bond motifs is 6. The zero-order valence-corrected chi connectivity index (χ0v) is 21.6. The Hall–Kier alpha value is -4.07. The van der Waals surface area contributed by atoms with Crippen LogP contribution in [-0.2, 0) is 5.41 Å². The SMILES string of the molecule is CC1(C)c2ccccc2-c2cc(Cl)c(-c3ccc(Nc4ccc5ccc6ccccc6c5c4)cc3)cc21. The Morgan fingerprint density at radius 2 is 1.22 bits per heavy atom. The van der Waals surface area contributed by atoms with Crippen molar-refractivity contribution in [3.8, 4) is 22.3 Å². The largest absolute Gasteiger partial charge is 0.356 e. The summed E-state index contributed by atoms with van der Waals surface area (Å²) in [6, 6.07) is 41.2. The fourth-order valence-electron chi connectivity index (χ4n) is 5.92. The van der Waals surface area contributed by atoms with E-state index < -0.39 is 0 Å². The van der Waals surface area contributed by atoms with Crippen LogP contribution < -0.4 is 5.32 Å². The van der Waals surface area contributed by atoms with E-state index in [0.29, 0.717) is 0 Å². The molecule has 1 N–H and O–H groups in total. The van der Waals surface area contributed by atoms with E-state index >= 15 is 0 Å². The van der Waals surface area contributed by atoms with Crippen LogP contribution in [0.25, 0.3) is 43.8 Å². The molecule has 178 valence electrons. The van der Waals surface area contributed by atoms with Crippen molar-refractivity contribution in [2.45, 2.75) is 19.3 Å². The fourth-order valence-corrected chi connectivity index (χ4v) is 6.19. The second-order valence-corrected chi connectivity index (χ2v) is 10.9. The number of hydrogen-bond donors (Lipinski definition) is 1. The summed E-state index contributed by atoms with van der Waals surface area (Å²) in [5, 5.41) is 9.41. The van der Waals surface area contributed by atoms with Crippen LogP contribution in [-0.4, -0.2) is 0 Å². The maximum atomic E-state index is 6.86. The summed E-state index contributed by atoms with van der Waals surface area (Å²) in [6.45, 7) is 4.60. The van der Waals surface area contributed by atoms with Crippen molar-refractivity contribution in [2.24, 2.45) is 0 Å². The number of halogens is 1. The molecule has 1 nitrogen and oxygen atoms in total. The topological polar surface area (TPSA) is 12.0 Å². The van der Waals surface area contributed by atoms with Gasteiger partial charge in [0.05, 0.1) is 0 Å². The van der Waals surface area contributed by atoms with Crippen LogP contribution in [0.2, 0.25) is 5.02 Å². The van der Waals surface area contributed by atoms with Gasteiger partial charge < -0.3 is 5.32 Å². The molecule has 0 fully saturated rings. The summed E-state index contributed by atoms with van der Waals surface area (Å²) in [5.41, 5.74) is 9.50. The molecule has 6 aromatic carbocycles. The Bertz CT molecular complexity index is 1830. The molecule has 0 radical (unpaired) electrons. The Morgan fingerprint density at radius 1 is 0.541 bits per heavy atom. The minimum Gasteiger partial charge on any atom is -0.356 e. The van der Waals surface area contributed by atoms with Crippen molar-refractivity contribution in [3.05, 3.63) is 131 Å². The van der Waals surface area contributed by atoms with E-state index in [0.717, 1.165) is 27.5 Å². The van der Waals surface area contributed by atoms with Gasteiger partial charge in [0.1, 0.15) is 0 Å². The van der Waals surface area contributed by atoms with Crippen molar-refractivity contribution in [1.29, 1.82) is 0 Å². The molecule has 1 aliphatic carbocycles. The highest BCUT2D eigenvalue weighted by Gasteiger charge is 2.35. The average Bonchev–Trinajstić information content (AvgIpc) is 3.14. The molecule has 2 heteroatoms. The summed E-state index contributed by atoms with van der Waals surface area (Å²) in [7, 11) is 0. The first-order valence-corrected chi connectivity index (χ1v) is 13.1. The first-order valence-electron chi connectivity index (χ1n) is 12.7. The molecule has 7 rings (SSSR count). The van der Waals surface area contributed by atoms with Crippen LogP contribution in [0, 0.1) is 0 Å². The third-order valence-electron chi connectivity index (χ3n) is 7.90. The number of benzene rings is 6. The first-order chi connectivity index (χ1) is 18.0. The van der Waals surface area contributed by atoms with Crippen molar-refractivity contribution < 1.29 is 0 Å². The van der Waals surface area contributed by atoms with Crippen molar-refractivity contribution in [3.63, 3.8) is 0 Å². The van der Waals surface area contributed by atoms with Gasteiger partial charge in [-0.25, -0.2) is 0 Å². The lowest BCUT2D eigenvalue weighted by atomic mass is 9.81. The van der Waals surface area contributed by atoms with Crippen molar-refractivity contribution in [1.82, 2.24) is 0 Å². The van der Waals surface area contributed by atoms with Gasteiger partial charge in [-0.3, -0.25) is 0 Å². The molecule has 0 saturated heterocycles. The van der Waals surface area contributed by atoms with Crippen molar-refractivity contribution in [2.75, 3.05) is 5.32 Å². The highest BCUT2D eigenvalue weighted by Crippen LogP contribution is 2.51. The standard InChI is InChI=1S/C35H26ClN/c1-35(2)32-10-6-5-9-28(32)31-21-34(36)30(20-33(31)35)24-13-16-25(17-14-24)37-26-18-15-23-12-11-22-7-3-4-8-27(22)29(23)19-26/h3-21,37H,1-2H3. The molecule has 1 aliphatic rings. The lowest BCUT2D eigenvalue weighted by Gasteiger charge is -2.22. The lowest BCUT2D eigenvalue weighted by Crippen LogP contribution is -2.14. The molecular formula is C35H26ClN. The molecular weight excluding hydrogens is 470 g/mol. The van der Waals surface area contributed by atoms with Crippen LogP contribution >= 0.6 is 11.6 Å². The zero-order valence-electron chi connectivity index (χ0n) is 20.8. The van der Waals surface area contributed by atoms with E-state index in [9.17, 15) is 0 Å². The smallest absolute Gasteiger partial charge is 0.0490 e. The Balaban J connectivity index is 1.22. The molecule has 0 heterocycles. The molecule has 0 saturated carbocycles. The zero-order chi connectivity index (χ0) is 25.1. The van der Waals surface area contributed by atoms with Gasteiger partial charge in [-0.2, -0.15) is 0 Å². The molecule has 0 aromatic heterocycles. The van der Waals surface area contributed by atoms with Gasteiger partial charge in [0.15, 0.2) is 0 Å². The van der Waals surface area contributed by atoms with E-state index in [2.05, 4.69) is 134 Å². The molecule has 6 aromatic rings. The second-order valence-electron chi connectivity index (χ2n) is 10.5. The van der Waals surface area contributed by atoms with Crippen LogP contribution in [0.5, 0.6) is 0 Å². The van der Waals surface area contributed by atoms with Gasteiger partial charge in [0.25, 0.3) is 0 Å². The predicted molar refractivity (Wildman–Crippen MR) is 159 cm³/mol. The van der Waals surface area contributed by atoms with Gasteiger partial charge in [0, 0.05) is 27.4 Å². The summed E-state index contributed by atoms with van der Waals surface area (Å²) in [6.07, 6.45) is 0. The van der Waals surface area contributed by atoms with E-state index in [-0.39, 0.29) is 5.41 Å². The molecule has 0 unspecified atom stereocenters. The quantitative estimate of drug-likeness (QED) is 0.241. The van der Waals surface area contributed by atoms with E-state index in [4.69, 9.17) is 11.6 Å². The Morgan fingerprint density at radius 3 is 2.05 bits per heavy atom. The van der Waals surface area contributed by atoms with Crippen molar-refractivity contribution >= 4 is 44.5 Å². The first kappa shape index (κ1) is 22.2. The number of hydrogen-bond acceptors (Lipinski definition) is 1. The van der Waals surface area contributed by atoms with E-state index in [1.807, 2.05) is 0 Å². The maximum absolute atomic E-state index is 6.86. The van der Waals surface area contributed by atoms with Gasteiger partial charge in [-0.1, -0.05) is 104 Å². The summed E-state index contributed by atoms with van der Waals surface area (Å²) >= 11 is 6.86. The Labute approximate surface area is 222 Å².